The van der Waals surface area contributed by atoms with Gasteiger partial charge in [-0.3, -0.25) is 4.79 Å². The van der Waals surface area contributed by atoms with Crippen molar-refractivity contribution in [2.24, 2.45) is 5.41 Å². The molecular formula is C14H20O. The van der Waals surface area contributed by atoms with Crippen molar-refractivity contribution in [1.82, 2.24) is 0 Å². The molecule has 15 heavy (non-hydrogen) atoms. The first-order valence-corrected chi connectivity index (χ1v) is 5.58. The normalized spacial score (nSPS) is 19.3. The van der Waals surface area contributed by atoms with Crippen molar-refractivity contribution in [3.05, 3.63) is 36.0 Å². The first kappa shape index (κ1) is 12.0. The summed E-state index contributed by atoms with van der Waals surface area (Å²) in [5.41, 5.74) is 1.12. The van der Waals surface area contributed by atoms with Gasteiger partial charge in [-0.05, 0) is 30.8 Å². The van der Waals surface area contributed by atoms with E-state index in [0.29, 0.717) is 12.2 Å². The van der Waals surface area contributed by atoms with E-state index in [9.17, 15) is 4.79 Å². The lowest BCUT2D eigenvalue weighted by molar-refractivity contribution is -0.115. The quantitative estimate of drug-likeness (QED) is 0.636. The van der Waals surface area contributed by atoms with E-state index in [0.717, 1.165) is 18.4 Å². The van der Waals surface area contributed by atoms with Crippen LogP contribution in [0.15, 0.2) is 36.0 Å². The molecular weight excluding hydrogens is 184 g/mol. The van der Waals surface area contributed by atoms with Crippen LogP contribution in [0.1, 0.15) is 40.0 Å². The summed E-state index contributed by atoms with van der Waals surface area (Å²) in [7, 11) is 0. The highest BCUT2D eigenvalue weighted by Crippen LogP contribution is 2.31. The highest BCUT2D eigenvalue weighted by molar-refractivity contribution is 5.96. The minimum absolute atomic E-state index is 0.139. The van der Waals surface area contributed by atoms with Crippen molar-refractivity contribution in [3.63, 3.8) is 0 Å². The van der Waals surface area contributed by atoms with Crippen LogP contribution >= 0.6 is 0 Å². The summed E-state index contributed by atoms with van der Waals surface area (Å²) in [5, 5.41) is 0. The van der Waals surface area contributed by atoms with E-state index in [1.165, 1.54) is 0 Å². The highest BCUT2D eigenvalue weighted by atomic mass is 16.1. The molecule has 0 aromatic heterocycles. The molecule has 0 heterocycles. The number of Topliss-reactive ketones (excluding diaryl/α,β-unsaturated/α-hetero) is 1. The van der Waals surface area contributed by atoms with Crippen molar-refractivity contribution in [1.29, 1.82) is 0 Å². The van der Waals surface area contributed by atoms with E-state index in [2.05, 4.69) is 19.9 Å². The minimum Gasteiger partial charge on any atom is -0.295 e. The van der Waals surface area contributed by atoms with Gasteiger partial charge in [0.2, 0.25) is 0 Å². The number of hydrogen-bond donors (Lipinski definition) is 0. The second-order valence-electron chi connectivity index (χ2n) is 4.75. The fourth-order valence-corrected chi connectivity index (χ4v) is 1.77. The van der Waals surface area contributed by atoms with Gasteiger partial charge in [0.05, 0.1) is 0 Å². The van der Waals surface area contributed by atoms with Crippen LogP contribution in [0.5, 0.6) is 0 Å². The number of allylic oxidation sites excluding steroid dienone is 6. The summed E-state index contributed by atoms with van der Waals surface area (Å²) in [6, 6.07) is 0. The van der Waals surface area contributed by atoms with Crippen molar-refractivity contribution in [2.45, 2.75) is 40.0 Å². The summed E-state index contributed by atoms with van der Waals surface area (Å²) in [6.45, 7) is 6.31. The smallest absolute Gasteiger partial charge is 0.159 e. The van der Waals surface area contributed by atoms with Gasteiger partial charge < -0.3 is 0 Å². The number of carbonyl (C=O) groups excluding carboxylic acids is 1. The Labute approximate surface area is 92.6 Å². The number of carbonyl (C=O) groups is 1. The van der Waals surface area contributed by atoms with E-state index in [4.69, 9.17) is 0 Å². The van der Waals surface area contributed by atoms with Crippen LogP contribution in [-0.2, 0) is 4.79 Å². The zero-order valence-electron chi connectivity index (χ0n) is 9.92. The third-order valence-electron chi connectivity index (χ3n) is 2.62. The Bertz CT molecular complexity index is 316. The molecule has 0 fully saturated rings. The lowest BCUT2D eigenvalue weighted by Crippen LogP contribution is -2.16. The molecule has 0 unspecified atom stereocenters. The first-order chi connectivity index (χ1) is 7.05. The maximum atomic E-state index is 11.8. The SMILES string of the molecule is C/C=C/CCC(=O)C1=CC=CC(C)(C)C1. The standard InChI is InChI=1S/C14H20O/c1-4-5-6-9-13(15)12-8-7-10-14(2,3)11-12/h4-5,7-8,10H,6,9,11H2,1-3H3/b5-4+. The lowest BCUT2D eigenvalue weighted by Gasteiger charge is -2.24. The summed E-state index contributed by atoms with van der Waals surface area (Å²) in [6.07, 6.45) is 12.5. The van der Waals surface area contributed by atoms with Crippen molar-refractivity contribution in [2.75, 3.05) is 0 Å². The molecule has 82 valence electrons. The van der Waals surface area contributed by atoms with E-state index >= 15 is 0 Å². The third kappa shape index (κ3) is 3.86. The second kappa shape index (κ2) is 5.11. The summed E-state index contributed by atoms with van der Waals surface area (Å²) in [4.78, 5) is 11.8. The molecule has 0 aliphatic heterocycles. The molecule has 1 nitrogen and oxygen atoms in total. The van der Waals surface area contributed by atoms with Gasteiger partial charge >= 0.3 is 0 Å². The maximum Gasteiger partial charge on any atom is 0.159 e. The van der Waals surface area contributed by atoms with Crippen LogP contribution in [0.25, 0.3) is 0 Å². The third-order valence-corrected chi connectivity index (χ3v) is 2.62. The molecule has 1 aliphatic rings. The molecule has 0 bridgehead atoms. The van der Waals surface area contributed by atoms with Gasteiger partial charge in [0.15, 0.2) is 5.78 Å². The number of ketones is 1. The van der Waals surface area contributed by atoms with Crippen molar-refractivity contribution >= 4 is 5.78 Å². The zero-order valence-corrected chi connectivity index (χ0v) is 9.92. The van der Waals surface area contributed by atoms with Crippen molar-refractivity contribution < 1.29 is 4.79 Å². The molecule has 1 rings (SSSR count). The Morgan fingerprint density at radius 2 is 2.27 bits per heavy atom. The Balaban J connectivity index is 2.54. The van der Waals surface area contributed by atoms with Gasteiger partial charge in [-0.2, -0.15) is 0 Å². The zero-order chi connectivity index (χ0) is 11.3. The monoisotopic (exact) mass is 204 g/mol. The molecule has 0 spiro atoms. The van der Waals surface area contributed by atoms with Gasteiger partial charge in [0.1, 0.15) is 0 Å². The Hall–Kier alpha value is -1.11. The van der Waals surface area contributed by atoms with Crippen LogP contribution in [0.2, 0.25) is 0 Å². The fourth-order valence-electron chi connectivity index (χ4n) is 1.77. The van der Waals surface area contributed by atoms with E-state index in [1.807, 2.05) is 31.2 Å². The Morgan fingerprint density at radius 3 is 2.87 bits per heavy atom. The highest BCUT2D eigenvalue weighted by Gasteiger charge is 2.21. The van der Waals surface area contributed by atoms with Gasteiger partial charge in [0.25, 0.3) is 0 Å². The van der Waals surface area contributed by atoms with Gasteiger partial charge in [-0.25, -0.2) is 0 Å². The maximum absolute atomic E-state index is 11.8. The summed E-state index contributed by atoms with van der Waals surface area (Å²) >= 11 is 0. The van der Waals surface area contributed by atoms with Gasteiger partial charge in [0, 0.05) is 6.42 Å². The molecule has 1 aliphatic carbocycles. The minimum atomic E-state index is 0.139. The molecule has 0 aromatic rings. The Morgan fingerprint density at radius 1 is 1.53 bits per heavy atom. The van der Waals surface area contributed by atoms with Crippen LogP contribution in [0.3, 0.4) is 0 Å². The summed E-state index contributed by atoms with van der Waals surface area (Å²) < 4.78 is 0. The topological polar surface area (TPSA) is 17.1 Å². The number of hydrogen-bond acceptors (Lipinski definition) is 1. The molecule has 0 N–H and O–H groups in total. The van der Waals surface area contributed by atoms with E-state index in [1.54, 1.807) is 0 Å². The molecule has 0 saturated carbocycles. The molecule has 0 amide bonds. The predicted molar refractivity (Wildman–Crippen MR) is 64.7 cm³/mol. The molecule has 0 aromatic carbocycles. The Kier molecular flexibility index (Phi) is 4.07. The molecule has 0 saturated heterocycles. The van der Waals surface area contributed by atoms with Gasteiger partial charge in [-0.1, -0.05) is 44.2 Å². The second-order valence-corrected chi connectivity index (χ2v) is 4.75. The largest absolute Gasteiger partial charge is 0.295 e. The fraction of sp³-hybridized carbons (Fsp3) is 0.500. The van der Waals surface area contributed by atoms with Crippen LogP contribution < -0.4 is 0 Å². The summed E-state index contributed by atoms with van der Waals surface area (Å²) in [5.74, 6) is 0.297. The van der Waals surface area contributed by atoms with Crippen molar-refractivity contribution in [3.8, 4) is 0 Å². The first-order valence-electron chi connectivity index (χ1n) is 5.58. The van der Waals surface area contributed by atoms with Crippen LogP contribution in [-0.4, -0.2) is 5.78 Å². The van der Waals surface area contributed by atoms with Gasteiger partial charge in [-0.15, -0.1) is 0 Å². The average molecular weight is 204 g/mol. The molecule has 1 heteroatoms. The number of rotatable bonds is 4. The van der Waals surface area contributed by atoms with E-state index in [-0.39, 0.29) is 5.41 Å². The predicted octanol–water partition coefficient (Wildman–Crippen LogP) is 3.82. The van der Waals surface area contributed by atoms with Crippen LogP contribution in [0.4, 0.5) is 0 Å². The van der Waals surface area contributed by atoms with Crippen LogP contribution in [0, 0.1) is 5.41 Å². The molecule has 0 radical (unpaired) electrons. The lowest BCUT2D eigenvalue weighted by atomic mass is 9.80. The average Bonchev–Trinajstić information content (AvgIpc) is 2.16. The van der Waals surface area contributed by atoms with E-state index < -0.39 is 0 Å². The molecule has 0 atom stereocenters.